The maximum absolute atomic E-state index is 15.1. The summed E-state index contributed by atoms with van der Waals surface area (Å²) in [5.74, 6) is 0.503. The number of nitrogens with one attached hydrogen (secondary N) is 2. The number of benzene rings is 2. The van der Waals surface area contributed by atoms with Gasteiger partial charge in [0, 0.05) is 56.1 Å². The number of β-lactam (4-membered cyclic amide) rings is 1. The molecule has 0 bridgehead atoms. The third kappa shape index (κ3) is 6.29. The number of hydrogen-bond acceptors (Lipinski definition) is 11. The highest BCUT2D eigenvalue weighted by Crippen LogP contribution is 2.29. The number of hydrogen-bond donors (Lipinski definition) is 2. The van der Waals surface area contributed by atoms with E-state index < -0.39 is 18.3 Å². The highest BCUT2D eigenvalue weighted by Gasteiger charge is 2.39. The van der Waals surface area contributed by atoms with Crippen molar-refractivity contribution in [1.29, 1.82) is 5.26 Å². The summed E-state index contributed by atoms with van der Waals surface area (Å²) in [4.78, 5) is 43.0. The standard InChI is InChI=1S/C32H34FN9O4/c33-25-16-42(31(44)26-14-29(43)38-26)8-7-28(25)46-27-6-1-20(13-21(27)15-34)30-35-19-36-32(39-30)37-22-2-4-23(5-3-22)40-9-11-41(12-10-40)24-17-45-18-24/h1-6,13,19,24-26,28H,7-12,14,16-18H2,(H,38,43)(H,35,36,37,39)/t25-,26-,28-/m0/s1. The van der Waals surface area contributed by atoms with Gasteiger partial charge in [0.15, 0.2) is 12.0 Å². The van der Waals surface area contributed by atoms with Crippen molar-refractivity contribution in [2.75, 3.05) is 62.7 Å². The fourth-order valence-corrected chi connectivity index (χ4v) is 6.13. The van der Waals surface area contributed by atoms with Crippen molar-refractivity contribution in [3.05, 3.63) is 54.4 Å². The fourth-order valence-electron chi connectivity index (χ4n) is 6.13. The average molecular weight is 628 g/mol. The van der Waals surface area contributed by atoms with E-state index in [-0.39, 0.29) is 42.5 Å². The number of amides is 2. The van der Waals surface area contributed by atoms with E-state index in [0.717, 1.165) is 45.1 Å². The second-order valence-corrected chi connectivity index (χ2v) is 11.9. The lowest BCUT2D eigenvalue weighted by Gasteiger charge is -2.43. The molecule has 3 aromatic rings. The second kappa shape index (κ2) is 12.9. The summed E-state index contributed by atoms with van der Waals surface area (Å²) in [7, 11) is 0. The van der Waals surface area contributed by atoms with Gasteiger partial charge in [0.05, 0.1) is 37.8 Å². The van der Waals surface area contributed by atoms with E-state index in [9.17, 15) is 14.9 Å². The Labute approximate surface area is 265 Å². The van der Waals surface area contributed by atoms with Crippen molar-refractivity contribution in [1.82, 2.24) is 30.1 Å². The summed E-state index contributed by atoms with van der Waals surface area (Å²) in [6, 6.07) is 15.2. The Morgan fingerprint density at radius 1 is 1.09 bits per heavy atom. The minimum Gasteiger partial charge on any atom is -0.486 e. The van der Waals surface area contributed by atoms with Crippen molar-refractivity contribution in [2.45, 2.75) is 37.2 Å². The molecule has 2 amide bonds. The molecule has 46 heavy (non-hydrogen) atoms. The van der Waals surface area contributed by atoms with E-state index in [1.54, 1.807) is 18.2 Å². The van der Waals surface area contributed by atoms with Crippen LogP contribution in [0.3, 0.4) is 0 Å². The molecule has 2 N–H and O–H groups in total. The fraction of sp³-hybridized carbons (Fsp3) is 0.438. The summed E-state index contributed by atoms with van der Waals surface area (Å²) in [5, 5.41) is 15.6. The number of carbonyl (C=O) groups excluding carboxylic acids is 2. The number of anilines is 3. The van der Waals surface area contributed by atoms with Crippen LogP contribution in [0, 0.1) is 11.3 Å². The quantitative estimate of drug-likeness (QED) is 0.353. The molecule has 4 aliphatic heterocycles. The Bertz CT molecular complexity index is 1630. The number of nitrogens with zero attached hydrogens (tertiary/aromatic N) is 7. The largest absolute Gasteiger partial charge is 0.486 e. The number of halogens is 1. The molecule has 0 aliphatic carbocycles. The maximum Gasteiger partial charge on any atom is 0.245 e. The number of nitriles is 1. The van der Waals surface area contributed by atoms with Crippen molar-refractivity contribution in [3.63, 3.8) is 0 Å². The topological polar surface area (TPSA) is 149 Å². The summed E-state index contributed by atoms with van der Waals surface area (Å²) in [6.45, 7) is 5.87. The van der Waals surface area contributed by atoms with Gasteiger partial charge in [-0.2, -0.15) is 10.2 Å². The van der Waals surface area contributed by atoms with Crippen LogP contribution in [-0.2, 0) is 14.3 Å². The molecular formula is C32H34FN9O4. The van der Waals surface area contributed by atoms with Gasteiger partial charge in [0.25, 0.3) is 0 Å². The van der Waals surface area contributed by atoms with Crippen LogP contribution in [0.5, 0.6) is 5.75 Å². The van der Waals surface area contributed by atoms with Gasteiger partial charge in [-0.15, -0.1) is 0 Å². The van der Waals surface area contributed by atoms with Gasteiger partial charge in [-0.1, -0.05) is 0 Å². The van der Waals surface area contributed by atoms with Gasteiger partial charge < -0.3 is 29.9 Å². The predicted octanol–water partition coefficient (Wildman–Crippen LogP) is 1.88. The van der Waals surface area contributed by atoms with Crippen LogP contribution < -0.4 is 20.3 Å². The van der Waals surface area contributed by atoms with E-state index in [4.69, 9.17) is 9.47 Å². The first kappa shape index (κ1) is 29.8. The van der Waals surface area contributed by atoms with E-state index in [0.29, 0.717) is 29.9 Å². The van der Waals surface area contributed by atoms with Crippen molar-refractivity contribution < 1.29 is 23.5 Å². The molecule has 4 saturated heterocycles. The number of alkyl halides is 1. The molecule has 0 radical (unpaired) electrons. The molecule has 13 nitrogen and oxygen atoms in total. The molecule has 238 valence electrons. The minimum absolute atomic E-state index is 0.130. The molecule has 14 heteroatoms. The first-order valence-electron chi connectivity index (χ1n) is 15.5. The number of likely N-dealkylation sites (tertiary alicyclic amines) is 1. The van der Waals surface area contributed by atoms with Gasteiger partial charge in [-0.25, -0.2) is 14.4 Å². The summed E-state index contributed by atoms with van der Waals surface area (Å²) in [6.07, 6.45) is -0.463. The van der Waals surface area contributed by atoms with Crippen LogP contribution in [0.2, 0.25) is 0 Å². The molecule has 0 unspecified atom stereocenters. The number of piperazine rings is 1. The van der Waals surface area contributed by atoms with Gasteiger partial charge in [-0.05, 0) is 42.5 Å². The van der Waals surface area contributed by atoms with Crippen molar-refractivity contribution in [3.8, 4) is 23.2 Å². The first-order valence-corrected chi connectivity index (χ1v) is 15.5. The highest BCUT2D eigenvalue weighted by atomic mass is 19.1. The third-order valence-electron chi connectivity index (χ3n) is 8.96. The number of aromatic nitrogens is 3. The van der Waals surface area contributed by atoms with Gasteiger partial charge >= 0.3 is 0 Å². The Morgan fingerprint density at radius 3 is 2.54 bits per heavy atom. The maximum atomic E-state index is 15.1. The zero-order valence-corrected chi connectivity index (χ0v) is 25.1. The second-order valence-electron chi connectivity index (χ2n) is 11.9. The Hall–Kier alpha value is -4.87. The van der Waals surface area contributed by atoms with E-state index in [1.807, 2.05) is 12.1 Å². The van der Waals surface area contributed by atoms with E-state index in [1.165, 1.54) is 16.9 Å². The number of ether oxygens (including phenoxy) is 2. The molecular weight excluding hydrogens is 593 g/mol. The molecule has 4 aliphatic rings. The van der Waals surface area contributed by atoms with E-state index >= 15 is 4.39 Å². The van der Waals surface area contributed by atoms with Crippen LogP contribution >= 0.6 is 0 Å². The molecule has 2 aromatic carbocycles. The van der Waals surface area contributed by atoms with Crippen LogP contribution in [0.15, 0.2) is 48.8 Å². The normalized spacial score (nSPS) is 23.5. The Morgan fingerprint density at radius 2 is 1.87 bits per heavy atom. The Balaban J connectivity index is 0.959. The zero-order valence-electron chi connectivity index (χ0n) is 25.1. The smallest absolute Gasteiger partial charge is 0.245 e. The zero-order chi connectivity index (χ0) is 31.6. The molecule has 3 atom stereocenters. The number of piperidine rings is 1. The van der Waals surface area contributed by atoms with E-state index in [2.05, 4.69) is 53.6 Å². The third-order valence-corrected chi connectivity index (χ3v) is 8.96. The average Bonchev–Trinajstić information content (AvgIpc) is 3.04. The summed E-state index contributed by atoms with van der Waals surface area (Å²) < 4.78 is 26.3. The molecule has 0 spiro atoms. The SMILES string of the molecule is N#Cc1cc(-c2ncnc(Nc3ccc(N4CCN(C5COC5)CC4)cc3)n2)ccc1O[C@H]1CCN(C(=O)[C@@H]2CC(=O)N2)C[C@@H]1F. The lowest BCUT2D eigenvalue weighted by molar-refractivity contribution is -0.146. The number of carbonyl (C=O) groups is 2. The molecule has 1 aromatic heterocycles. The van der Waals surface area contributed by atoms with Gasteiger partial charge in [-0.3, -0.25) is 14.5 Å². The van der Waals surface area contributed by atoms with Crippen LogP contribution in [0.1, 0.15) is 18.4 Å². The van der Waals surface area contributed by atoms with Crippen LogP contribution in [0.25, 0.3) is 11.4 Å². The highest BCUT2D eigenvalue weighted by molar-refractivity contribution is 5.97. The van der Waals surface area contributed by atoms with Crippen LogP contribution in [0.4, 0.5) is 21.7 Å². The Kier molecular flexibility index (Phi) is 8.33. The monoisotopic (exact) mass is 627 g/mol. The summed E-state index contributed by atoms with van der Waals surface area (Å²) >= 11 is 0. The lowest BCUT2D eigenvalue weighted by Crippen LogP contribution is -2.60. The van der Waals surface area contributed by atoms with Crippen molar-refractivity contribution in [2.24, 2.45) is 0 Å². The van der Waals surface area contributed by atoms with Gasteiger partial charge in [0.2, 0.25) is 17.8 Å². The molecule has 4 fully saturated rings. The summed E-state index contributed by atoms with van der Waals surface area (Å²) in [5.41, 5.74) is 2.79. The molecule has 7 rings (SSSR count). The van der Waals surface area contributed by atoms with Crippen LogP contribution in [-0.4, -0.2) is 113 Å². The first-order chi connectivity index (χ1) is 22.4. The molecule has 0 saturated carbocycles. The molecule has 5 heterocycles. The minimum atomic E-state index is -1.44. The predicted molar refractivity (Wildman–Crippen MR) is 165 cm³/mol. The lowest BCUT2D eigenvalue weighted by atomic mass is 10.0. The van der Waals surface area contributed by atoms with Gasteiger partial charge in [0.1, 0.15) is 30.3 Å². The van der Waals surface area contributed by atoms with Crippen molar-refractivity contribution >= 4 is 29.1 Å². The number of rotatable bonds is 8.